The summed E-state index contributed by atoms with van der Waals surface area (Å²) in [5.74, 6) is 3.28. The normalized spacial score (nSPS) is 10.9. The van der Waals surface area contributed by atoms with Crippen LogP contribution in [0, 0.1) is 11.5 Å². The van der Waals surface area contributed by atoms with Gasteiger partial charge in [0.1, 0.15) is 13.8 Å². The third-order valence-corrected chi connectivity index (χ3v) is 3.69. The number of hydrogen-bond donors (Lipinski definition) is 0. The molecule has 0 amide bonds. The Kier molecular flexibility index (Phi) is 4.75. The first kappa shape index (κ1) is 14.5. The van der Waals surface area contributed by atoms with Crippen molar-refractivity contribution in [1.29, 1.82) is 0 Å². The fourth-order valence-corrected chi connectivity index (χ4v) is 2.46. The number of unbranched alkanes of at least 4 members (excludes halogenated alkanes) is 1. The van der Waals surface area contributed by atoms with E-state index in [1.807, 2.05) is 41.2 Å². The molecule has 0 bridgehead atoms. The number of rotatable bonds is 4. The van der Waals surface area contributed by atoms with Gasteiger partial charge in [-0.2, -0.15) is 0 Å². The Labute approximate surface area is 122 Å². The van der Waals surface area contributed by atoms with E-state index < -0.39 is 8.07 Å². The molecule has 1 aromatic carbocycles. The molecular weight excluding hydrogens is 262 g/mol. The van der Waals surface area contributed by atoms with Gasteiger partial charge in [0.15, 0.2) is 0 Å². The van der Waals surface area contributed by atoms with E-state index in [9.17, 15) is 0 Å². The average molecular weight is 283 g/mol. The lowest BCUT2D eigenvalue weighted by Gasteiger charge is -2.03. The highest BCUT2D eigenvalue weighted by Crippen LogP contribution is 2.14. The Morgan fingerprint density at radius 3 is 2.60 bits per heavy atom. The molecule has 0 fully saturated rings. The summed E-state index contributed by atoms with van der Waals surface area (Å²) in [5.41, 5.74) is 5.42. The maximum atomic E-state index is 4.21. The molecule has 1 heterocycles. The van der Waals surface area contributed by atoms with Crippen LogP contribution in [0.3, 0.4) is 0 Å². The third kappa shape index (κ3) is 4.67. The van der Waals surface area contributed by atoms with Crippen LogP contribution in [-0.4, -0.2) is 23.1 Å². The first-order chi connectivity index (χ1) is 9.54. The molecule has 0 unspecified atom stereocenters. The van der Waals surface area contributed by atoms with E-state index >= 15 is 0 Å². The highest BCUT2D eigenvalue weighted by molar-refractivity contribution is 6.83. The van der Waals surface area contributed by atoms with Crippen molar-refractivity contribution in [2.45, 2.75) is 39.0 Å². The Bertz CT molecular complexity index is 600. The van der Waals surface area contributed by atoms with Gasteiger partial charge in [-0.3, -0.25) is 4.68 Å². The van der Waals surface area contributed by atoms with Crippen molar-refractivity contribution in [3.8, 4) is 22.7 Å². The molecule has 4 heteroatoms. The zero-order chi connectivity index (χ0) is 14.4. The van der Waals surface area contributed by atoms with Crippen molar-refractivity contribution < 1.29 is 0 Å². The molecule has 2 aromatic rings. The van der Waals surface area contributed by atoms with Crippen LogP contribution < -0.4 is 0 Å². The molecule has 0 saturated heterocycles. The maximum Gasteiger partial charge on any atom is 0.129 e. The summed E-state index contributed by atoms with van der Waals surface area (Å²) in [6.07, 6.45) is 3.96. The molecule has 104 valence electrons. The van der Waals surface area contributed by atoms with Crippen molar-refractivity contribution in [3.63, 3.8) is 0 Å². The Morgan fingerprint density at radius 1 is 1.15 bits per heavy atom. The molecule has 0 spiro atoms. The summed E-state index contributed by atoms with van der Waals surface area (Å²) in [4.78, 5) is 0. The predicted octanol–water partition coefficient (Wildman–Crippen LogP) is 3.61. The lowest BCUT2D eigenvalue weighted by Crippen LogP contribution is -2.16. The summed E-state index contributed by atoms with van der Waals surface area (Å²) < 4.78 is 1.90. The second-order valence-electron chi connectivity index (χ2n) is 5.89. The fourth-order valence-electron chi connectivity index (χ4n) is 1.81. The average Bonchev–Trinajstić information content (AvgIpc) is 2.87. The largest absolute Gasteiger partial charge is 0.252 e. The highest BCUT2D eigenvalue weighted by atomic mass is 28.3. The van der Waals surface area contributed by atoms with Crippen molar-refractivity contribution in [1.82, 2.24) is 15.0 Å². The van der Waals surface area contributed by atoms with Gasteiger partial charge in [0.2, 0.25) is 0 Å². The number of aryl methyl sites for hydroxylation is 1. The Balaban J connectivity index is 1.86. The minimum atomic E-state index is -1.22. The lowest BCUT2D eigenvalue weighted by atomic mass is 10.2. The van der Waals surface area contributed by atoms with Crippen molar-refractivity contribution in [3.05, 3.63) is 36.5 Å². The molecule has 0 N–H and O–H groups in total. The molecule has 3 nitrogen and oxygen atoms in total. The summed E-state index contributed by atoms with van der Waals surface area (Å²) in [7, 11) is -1.22. The van der Waals surface area contributed by atoms with Crippen LogP contribution >= 0.6 is 0 Å². The molecule has 0 radical (unpaired) electrons. The van der Waals surface area contributed by atoms with Crippen LogP contribution in [0.2, 0.25) is 19.6 Å². The minimum Gasteiger partial charge on any atom is -0.252 e. The van der Waals surface area contributed by atoms with Crippen molar-refractivity contribution in [2.24, 2.45) is 0 Å². The van der Waals surface area contributed by atoms with Gasteiger partial charge in [-0.15, -0.1) is 16.6 Å². The van der Waals surface area contributed by atoms with E-state index in [0.29, 0.717) is 0 Å². The molecule has 2 rings (SSSR count). The first-order valence-corrected chi connectivity index (χ1v) is 10.5. The maximum absolute atomic E-state index is 4.21. The van der Waals surface area contributed by atoms with Crippen LogP contribution in [0.15, 0.2) is 36.5 Å². The van der Waals surface area contributed by atoms with Crippen LogP contribution in [0.5, 0.6) is 0 Å². The molecule has 20 heavy (non-hydrogen) atoms. The van der Waals surface area contributed by atoms with E-state index in [1.165, 1.54) is 0 Å². The van der Waals surface area contributed by atoms with Crippen LogP contribution in [-0.2, 0) is 6.54 Å². The number of aromatic nitrogens is 3. The second kappa shape index (κ2) is 6.53. The SMILES string of the molecule is C[Si](C)(C)C#CCCCn1cc(-c2ccccc2)nn1. The van der Waals surface area contributed by atoms with Crippen LogP contribution in [0.1, 0.15) is 12.8 Å². The molecule has 0 aliphatic carbocycles. The van der Waals surface area contributed by atoms with E-state index in [-0.39, 0.29) is 0 Å². The van der Waals surface area contributed by atoms with Gasteiger partial charge in [-0.05, 0) is 6.42 Å². The number of benzene rings is 1. The van der Waals surface area contributed by atoms with Crippen LogP contribution in [0.25, 0.3) is 11.3 Å². The summed E-state index contributed by atoms with van der Waals surface area (Å²) in [5, 5.41) is 8.37. The van der Waals surface area contributed by atoms with Gasteiger partial charge in [0.25, 0.3) is 0 Å². The Hall–Kier alpha value is -1.86. The Morgan fingerprint density at radius 2 is 1.90 bits per heavy atom. The zero-order valence-electron chi connectivity index (χ0n) is 12.4. The monoisotopic (exact) mass is 283 g/mol. The van der Waals surface area contributed by atoms with Gasteiger partial charge in [0.05, 0.1) is 6.20 Å². The highest BCUT2D eigenvalue weighted by Gasteiger charge is 2.07. The van der Waals surface area contributed by atoms with Gasteiger partial charge >= 0.3 is 0 Å². The third-order valence-electron chi connectivity index (χ3n) is 2.76. The van der Waals surface area contributed by atoms with E-state index in [4.69, 9.17) is 0 Å². The van der Waals surface area contributed by atoms with Crippen molar-refractivity contribution in [2.75, 3.05) is 0 Å². The fraction of sp³-hybridized carbons (Fsp3) is 0.375. The van der Waals surface area contributed by atoms with E-state index in [0.717, 1.165) is 30.6 Å². The molecule has 1 aromatic heterocycles. The molecule has 0 atom stereocenters. The summed E-state index contributed by atoms with van der Waals surface area (Å²) in [6.45, 7) is 7.68. The summed E-state index contributed by atoms with van der Waals surface area (Å²) >= 11 is 0. The number of nitrogens with zero attached hydrogens (tertiary/aromatic N) is 3. The topological polar surface area (TPSA) is 30.7 Å². The quantitative estimate of drug-likeness (QED) is 0.487. The molecule has 0 aliphatic heterocycles. The molecule has 0 aliphatic rings. The van der Waals surface area contributed by atoms with E-state index in [2.05, 4.69) is 41.4 Å². The first-order valence-electron chi connectivity index (χ1n) is 7.00. The zero-order valence-corrected chi connectivity index (χ0v) is 13.4. The summed E-state index contributed by atoms with van der Waals surface area (Å²) in [6, 6.07) is 10.1. The van der Waals surface area contributed by atoms with Gasteiger partial charge < -0.3 is 0 Å². The van der Waals surface area contributed by atoms with Gasteiger partial charge in [0, 0.05) is 18.5 Å². The van der Waals surface area contributed by atoms with Crippen LogP contribution in [0.4, 0.5) is 0 Å². The van der Waals surface area contributed by atoms with Gasteiger partial charge in [-0.25, -0.2) is 0 Å². The minimum absolute atomic E-state index is 0.875. The predicted molar refractivity (Wildman–Crippen MR) is 85.8 cm³/mol. The van der Waals surface area contributed by atoms with E-state index in [1.54, 1.807) is 0 Å². The second-order valence-corrected chi connectivity index (χ2v) is 10.6. The lowest BCUT2D eigenvalue weighted by molar-refractivity contribution is 0.565. The molecule has 0 saturated carbocycles. The van der Waals surface area contributed by atoms with Crippen molar-refractivity contribution >= 4 is 8.07 Å². The standard InChI is InChI=1S/C16H21N3Si/c1-20(2,3)13-9-5-8-12-19-14-16(17-18-19)15-10-6-4-7-11-15/h4,6-7,10-11,14H,5,8,12H2,1-3H3. The smallest absolute Gasteiger partial charge is 0.129 e. The van der Waals surface area contributed by atoms with Gasteiger partial charge in [-0.1, -0.05) is 55.2 Å². The number of hydrogen-bond acceptors (Lipinski definition) is 2. The molecular formula is C16H21N3Si.